The van der Waals surface area contributed by atoms with Crippen molar-refractivity contribution in [2.45, 2.75) is 84.1 Å². The van der Waals surface area contributed by atoms with Crippen LogP contribution in [-0.2, 0) is 9.53 Å². The van der Waals surface area contributed by atoms with E-state index >= 15 is 0 Å². The van der Waals surface area contributed by atoms with Gasteiger partial charge in [-0.25, -0.2) is 4.79 Å². The van der Waals surface area contributed by atoms with Crippen LogP contribution in [-0.4, -0.2) is 53.5 Å². The van der Waals surface area contributed by atoms with Gasteiger partial charge in [-0.15, -0.1) is 0 Å². The summed E-state index contributed by atoms with van der Waals surface area (Å²) in [6.07, 6.45) is 0.788. The van der Waals surface area contributed by atoms with Gasteiger partial charge in [0, 0.05) is 6.54 Å². The number of hydrogen-bond donors (Lipinski definition) is 4. The normalized spacial score (nSPS) is 24.2. The standard InChI is InChI=1S/C18H35N3O4/c1-12(2)10-18(6,21-16(24)25-17(3,4)5)15(23)20-13-8-7-9-19-11-14(13)22/h12-14,19,22H,7-11H2,1-6H3,(H,20,23)(H,21,24). The Kier molecular flexibility index (Phi) is 7.68. The van der Waals surface area contributed by atoms with Gasteiger partial charge >= 0.3 is 6.09 Å². The minimum Gasteiger partial charge on any atom is -0.444 e. The lowest BCUT2D eigenvalue weighted by atomic mass is 9.89. The average molecular weight is 357 g/mol. The summed E-state index contributed by atoms with van der Waals surface area (Å²) in [5.74, 6) is -0.0931. The van der Waals surface area contributed by atoms with E-state index in [-0.39, 0.29) is 17.9 Å². The molecule has 2 amide bonds. The van der Waals surface area contributed by atoms with Crippen LogP contribution in [0, 0.1) is 5.92 Å². The molecule has 1 heterocycles. The molecule has 1 fully saturated rings. The van der Waals surface area contributed by atoms with Crippen LogP contribution in [0.1, 0.15) is 60.8 Å². The summed E-state index contributed by atoms with van der Waals surface area (Å²) in [4.78, 5) is 25.1. The number of aliphatic hydroxyl groups excluding tert-OH is 1. The highest BCUT2D eigenvalue weighted by atomic mass is 16.6. The summed E-state index contributed by atoms with van der Waals surface area (Å²) in [6, 6.07) is -0.325. The van der Waals surface area contributed by atoms with E-state index < -0.39 is 23.3 Å². The van der Waals surface area contributed by atoms with Crippen LogP contribution in [0.5, 0.6) is 0 Å². The summed E-state index contributed by atoms with van der Waals surface area (Å²) in [5, 5.41) is 19.0. The van der Waals surface area contributed by atoms with E-state index in [2.05, 4.69) is 16.0 Å². The first-order valence-corrected chi connectivity index (χ1v) is 9.14. The van der Waals surface area contributed by atoms with Crippen LogP contribution in [0.2, 0.25) is 0 Å². The lowest BCUT2D eigenvalue weighted by Gasteiger charge is -2.34. The lowest BCUT2D eigenvalue weighted by Crippen LogP contribution is -2.61. The van der Waals surface area contributed by atoms with E-state index in [9.17, 15) is 14.7 Å². The third-order valence-corrected chi connectivity index (χ3v) is 4.10. The SMILES string of the molecule is CC(C)CC(C)(NC(=O)OC(C)(C)C)C(=O)NC1CCCNCC1O. The summed E-state index contributed by atoms with van der Waals surface area (Å²) in [6.45, 7) is 12.3. The number of carbonyl (C=O) groups is 2. The lowest BCUT2D eigenvalue weighted by molar-refractivity contribution is -0.129. The first-order chi connectivity index (χ1) is 11.4. The summed E-state index contributed by atoms with van der Waals surface area (Å²) in [5.41, 5.74) is -1.74. The van der Waals surface area contributed by atoms with Gasteiger partial charge in [0.15, 0.2) is 0 Å². The fourth-order valence-electron chi connectivity index (χ4n) is 3.07. The molecule has 3 unspecified atom stereocenters. The Bertz CT molecular complexity index is 462. The van der Waals surface area contributed by atoms with E-state index in [4.69, 9.17) is 4.74 Å². The maximum Gasteiger partial charge on any atom is 0.408 e. The van der Waals surface area contributed by atoms with Crippen LogP contribution in [0.25, 0.3) is 0 Å². The molecule has 1 saturated heterocycles. The summed E-state index contributed by atoms with van der Waals surface area (Å²) in [7, 11) is 0. The Balaban J connectivity index is 2.84. The molecule has 0 aliphatic carbocycles. The predicted molar refractivity (Wildman–Crippen MR) is 97.3 cm³/mol. The van der Waals surface area contributed by atoms with Crippen LogP contribution in [0.4, 0.5) is 4.79 Å². The Morgan fingerprint density at radius 1 is 1.28 bits per heavy atom. The first kappa shape index (κ1) is 21.7. The van der Waals surface area contributed by atoms with Crippen molar-refractivity contribution in [3.8, 4) is 0 Å². The number of ether oxygens (including phenoxy) is 1. The number of amides is 2. The van der Waals surface area contributed by atoms with Gasteiger partial charge in [0.05, 0.1) is 12.1 Å². The Labute approximate surface area is 151 Å². The zero-order chi connectivity index (χ0) is 19.3. The molecule has 146 valence electrons. The highest BCUT2D eigenvalue weighted by molar-refractivity contribution is 5.89. The van der Waals surface area contributed by atoms with Crippen molar-refractivity contribution < 1.29 is 19.4 Å². The zero-order valence-corrected chi connectivity index (χ0v) is 16.4. The molecule has 0 aromatic rings. The monoisotopic (exact) mass is 357 g/mol. The van der Waals surface area contributed by atoms with E-state index in [1.165, 1.54) is 0 Å². The zero-order valence-electron chi connectivity index (χ0n) is 16.4. The molecule has 0 saturated carbocycles. The van der Waals surface area contributed by atoms with E-state index in [0.717, 1.165) is 13.0 Å². The smallest absolute Gasteiger partial charge is 0.408 e. The molecule has 7 heteroatoms. The molecule has 1 rings (SSSR count). The number of β-amino-alcohol motifs (C(OH)–C–C–N with tert-alkyl or cyclic N) is 1. The van der Waals surface area contributed by atoms with E-state index in [1.807, 2.05) is 13.8 Å². The molecule has 1 aliphatic rings. The third-order valence-electron chi connectivity index (χ3n) is 4.10. The van der Waals surface area contributed by atoms with Crippen LogP contribution < -0.4 is 16.0 Å². The number of nitrogens with one attached hydrogen (secondary N) is 3. The molecule has 1 aliphatic heterocycles. The van der Waals surface area contributed by atoms with E-state index in [1.54, 1.807) is 27.7 Å². The molecule has 7 nitrogen and oxygen atoms in total. The van der Waals surface area contributed by atoms with Crippen molar-refractivity contribution in [2.24, 2.45) is 5.92 Å². The molecule has 0 bridgehead atoms. The molecule has 0 radical (unpaired) electrons. The van der Waals surface area contributed by atoms with Gasteiger partial charge in [-0.3, -0.25) is 4.79 Å². The fraction of sp³-hybridized carbons (Fsp3) is 0.889. The number of aliphatic hydroxyl groups is 1. The second-order valence-electron chi connectivity index (χ2n) is 8.55. The van der Waals surface area contributed by atoms with Crippen molar-refractivity contribution in [1.82, 2.24) is 16.0 Å². The highest BCUT2D eigenvalue weighted by Gasteiger charge is 2.38. The van der Waals surface area contributed by atoms with Gasteiger partial charge in [0.1, 0.15) is 11.1 Å². The van der Waals surface area contributed by atoms with Gasteiger partial charge < -0.3 is 25.8 Å². The van der Waals surface area contributed by atoms with Crippen molar-refractivity contribution in [1.29, 1.82) is 0 Å². The number of carbonyl (C=O) groups excluding carboxylic acids is 2. The third kappa shape index (κ3) is 7.61. The van der Waals surface area contributed by atoms with Gasteiger partial charge in [-0.05, 0) is 59.4 Å². The Hall–Kier alpha value is -1.34. The topological polar surface area (TPSA) is 99.7 Å². The second kappa shape index (κ2) is 8.85. The van der Waals surface area contributed by atoms with E-state index in [0.29, 0.717) is 19.4 Å². The van der Waals surface area contributed by atoms with Crippen LogP contribution in [0.15, 0.2) is 0 Å². The van der Waals surface area contributed by atoms with Crippen LogP contribution >= 0.6 is 0 Å². The largest absolute Gasteiger partial charge is 0.444 e. The van der Waals surface area contributed by atoms with Crippen molar-refractivity contribution in [2.75, 3.05) is 13.1 Å². The molecule has 0 spiro atoms. The minimum atomic E-state index is -1.10. The van der Waals surface area contributed by atoms with Crippen molar-refractivity contribution in [3.05, 3.63) is 0 Å². The maximum atomic E-state index is 12.9. The minimum absolute atomic E-state index is 0.200. The molecule has 0 aromatic heterocycles. The average Bonchev–Trinajstić information content (AvgIpc) is 2.60. The Morgan fingerprint density at radius 2 is 1.92 bits per heavy atom. The second-order valence-corrected chi connectivity index (χ2v) is 8.55. The predicted octanol–water partition coefficient (Wildman–Crippen LogP) is 1.55. The van der Waals surface area contributed by atoms with Crippen molar-refractivity contribution in [3.63, 3.8) is 0 Å². The summed E-state index contributed by atoms with van der Waals surface area (Å²) < 4.78 is 5.31. The quantitative estimate of drug-likeness (QED) is 0.598. The maximum absolute atomic E-state index is 12.9. The van der Waals surface area contributed by atoms with Gasteiger partial charge in [0.25, 0.3) is 0 Å². The van der Waals surface area contributed by atoms with Crippen molar-refractivity contribution >= 4 is 12.0 Å². The molecule has 4 N–H and O–H groups in total. The fourth-order valence-corrected chi connectivity index (χ4v) is 3.07. The summed E-state index contributed by atoms with van der Waals surface area (Å²) >= 11 is 0. The van der Waals surface area contributed by atoms with Crippen LogP contribution in [0.3, 0.4) is 0 Å². The Morgan fingerprint density at radius 3 is 2.48 bits per heavy atom. The molecule has 25 heavy (non-hydrogen) atoms. The number of alkyl carbamates (subject to hydrolysis) is 1. The van der Waals surface area contributed by atoms with Gasteiger partial charge in [-0.1, -0.05) is 13.8 Å². The molecule has 0 aromatic carbocycles. The number of hydrogen-bond acceptors (Lipinski definition) is 5. The first-order valence-electron chi connectivity index (χ1n) is 9.14. The highest BCUT2D eigenvalue weighted by Crippen LogP contribution is 2.19. The van der Waals surface area contributed by atoms with Gasteiger partial charge in [0.2, 0.25) is 5.91 Å². The molecular weight excluding hydrogens is 322 g/mol. The number of rotatable bonds is 5. The van der Waals surface area contributed by atoms with Gasteiger partial charge in [-0.2, -0.15) is 0 Å². The molecule has 3 atom stereocenters. The molecular formula is C18H35N3O4.